The largest absolute Gasteiger partial charge is 0.462 e. The summed E-state index contributed by atoms with van der Waals surface area (Å²) < 4.78 is 16.8. The molecule has 6 heteroatoms. The van der Waals surface area contributed by atoms with E-state index in [1.165, 1.54) is 295 Å². The van der Waals surface area contributed by atoms with Crippen LogP contribution in [-0.4, -0.2) is 37.2 Å². The number of esters is 3. The van der Waals surface area contributed by atoms with Gasteiger partial charge in [0.25, 0.3) is 0 Å². The summed E-state index contributed by atoms with van der Waals surface area (Å²) in [5.41, 5.74) is 0. The number of hydrogen-bond donors (Lipinski definition) is 0. The van der Waals surface area contributed by atoms with Crippen molar-refractivity contribution in [2.24, 2.45) is 0 Å². The van der Waals surface area contributed by atoms with Crippen molar-refractivity contribution in [2.45, 2.75) is 406 Å². The summed E-state index contributed by atoms with van der Waals surface area (Å²) in [6.07, 6.45) is 74.8. The molecule has 1 unspecified atom stereocenters. The molecule has 0 bridgehead atoms. The van der Waals surface area contributed by atoms with Gasteiger partial charge in [0.05, 0.1) is 0 Å². The second kappa shape index (κ2) is 63.9. The first-order valence-electron chi connectivity index (χ1n) is 34.0. The molecule has 0 heterocycles. The van der Waals surface area contributed by atoms with E-state index in [9.17, 15) is 14.4 Å². The van der Waals surface area contributed by atoms with Gasteiger partial charge in [-0.1, -0.05) is 361 Å². The Labute approximate surface area is 463 Å². The fourth-order valence-corrected chi connectivity index (χ4v) is 10.7. The quantitative estimate of drug-likeness (QED) is 0.0343. The Morgan fingerprint density at radius 1 is 0.216 bits per heavy atom. The topological polar surface area (TPSA) is 78.9 Å². The molecule has 0 fully saturated rings. The molecule has 6 nitrogen and oxygen atoms in total. The van der Waals surface area contributed by atoms with Crippen molar-refractivity contribution in [3.8, 4) is 0 Å². The molecule has 0 aliphatic rings. The third-order valence-electron chi connectivity index (χ3n) is 15.9. The van der Waals surface area contributed by atoms with Gasteiger partial charge in [0, 0.05) is 19.3 Å². The zero-order valence-electron chi connectivity index (χ0n) is 50.7. The number of carbonyl (C=O) groups excluding carboxylic acids is 3. The molecule has 74 heavy (non-hydrogen) atoms. The Bertz CT molecular complexity index is 1110. The van der Waals surface area contributed by atoms with Crippen molar-refractivity contribution in [1.29, 1.82) is 0 Å². The summed E-state index contributed by atoms with van der Waals surface area (Å²) in [5.74, 6) is -0.844. The van der Waals surface area contributed by atoms with Crippen molar-refractivity contribution in [3.63, 3.8) is 0 Å². The van der Waals surface area contributed by atoms with Crippen LogP contribution in [0.3, 0.4) is 0 Å². The van der Waals surface area contributed by atoms with Gasteiger partial charge in [0.1, 0.15) is 13.2 Å². The van der Waals surface area contributed by atoms with Gasteiger partial charge < -0.3 is 14.2 Å². The molecule has 0 spiro atoms. The van der Waals surface area contributed by atoms with Crippen molar-refractivity contribution >= 4 is 17.9 Å². The lowest BCUT2D eigenvalue weighted by Gasteiger charge is -2.18. The molecule has 0 aromatic rings. The zero-order valence-corrected chi connectivity index (χ0v) is 50.7. The van der Waals surface area contributed by atoms with Crippen molar-refractivity contribution in [1.82, 2.24) is 0 Å². The lowest BCUT2D eigenvalue weighted by Crippen LogP contribution is -2.30. The summed E-state index contributed by atoms with van der Waals surface area (Å²) in [5, 5.41) is 0. The minimum absolute atomic E-state index is 0.0622. The van der Waals surface area contributed by atoms with E-state index in [1.54, 1.807) is 0 Å². The highest BCUT2D eigenvalue weighted by atomic mass is 16.6. The maximum absolute atomic E-state index is 12.8. The monoisotopic (exact) mass is 1050 g/mol. The third-order valence-corrected chi connectivity index (χ3v) is 15.9. The minimum atomic E-state index is -0.760. The van der Waals surface area contributed by atoms with E-state index >= 15 is 0 Å². The number of carbonyl (C=O) groups is 3. The lowest BCUT2D eigenvalue weighted by molar-refractivity contribution is -0.167. The van der Waals surface area contributed by atoms with Gasteiger partial charge in [-0.3, -0.25) is 14.4 Å². The van der Waals surface area contributed by atoms with Crippen molar-refractivity contribution in [3.05, 3.63) is 0 Å². The van der Waals surface area contributed by atoms with Gasteiger partial charge in [-0.15, -0.1) is 0 Å². The first kappa shape index (κ1) is 72.4. The van der Waals surface area contributed by atoms with Crippen LogP contribution >= 0.6 is 0 Å². The van der Waals surface area contributed by atoms with E-state index in [1.807, 2.05) is 0 Å². The van der Waals surface area contributed by atoms with Gasteiger partial charge in [-0.05, 0) is 19.3 Å². The molecule has 0 saturated heterocycles. The summed E-state index contributed by atoms with van der Waals surface area (Å²) in [7, 11) is 0. The van der Waals surface area contributed by atoms with Crippen molar-refractivity contribution < 1.29 is 28.6 Å². The van der Waals surface area contributed by atoms with Gasteiger partial charge >= 0.3 is 17.9 Å². The van der Waals surface area contributed by atoms with Crippen molar-refractivity contribution in [2.75, 3.05) is 13.2 Å². The summed E-state index contributed by atoms with van der Waals surface area (Å²) in [4.78, 5) is 37.9. The average molecular weight is 1050 g/mol. The Balaban J connectivity index is 3.90. The zero-order chi connectivity index (χ0) is 53.6. The Hall–Kier alpha value is -1.59. The number of rotatable bonds is 64. The van der Waals surface area contributed by atoms with E-state index in [0.717, 1.165) is 64.2 Å². The van der Waals surface area contributed by atoms with E-state index in [-0.39, 0.29) is 31.1 Å². The molecule has 0 aliphatic carbocycles. The number of ether oxygens (including phenoxy) is 3. The Kier molecular flexibility index (Phi) is 62.6. The third kappa shape index (κ3) is 61.3. The predicted octanol–water partition coefficient (Wildman–Crippen LogP) is 23.1. The molecule has 0 radical (unpaired) electrons. The van der Waals surface area contributed by atoms with Crippen LogP contribution in [0.4, 0.5) is 0 Å². The maximum Gasteiger partial charge on any atom is 0.306 e. The molecule has 0 aromatic carbocycles. The van der Waals surface area contributed by atoms with Gasteiger partial charge in [0.15, 0.2) is 6.10 Å². The highest BCUT2D eigenvalue weighted by Crippen LogP contribution is 2.19. The molecule has 440 valence electrons. The van der Waals surface area contributed by atoms with E-state index in [4.69, 9.17) is 14.2 Å². The first-order chi connectivity index (χ1) is 36.5. The number of hydrogen-bond acceptors (Lipinski definition) is 6. The molecular weight excluding hydrogens is 913 g/mol. The summed E-state index contributed by atoms with van der Waals surface area (Å²) >= 11 is 0. The van der Waals surface area contributed by atoms with E-state index in [0.29, 0.717) is 19.3 Å². The Morgan fingerprint density at radius 2 is 0.365 bits per heavy atom. The molecule has 0 rings (SSSR count). The second-order valence-corrected chi connectivity index (χ2v) is 23.5. The van der Waals surface area contributed by atoms with Crippen LogP contribution in [-0.2, 0) is 28.6 Å². The molecular formula is C68H132O6. The van der Waals surface area contributed by atoms with Crippen LogP contribution < -0.4 is 0 Å². The highest BCUT2D eigenvalue weighted by Gasteiger charge is 2.19. The van der Waals surface area contributed by atoms with E-state index in [2.05, 4.69) is 20.8 Å². The van der Waals surface area contributed by atoms with Crippen LogP contribution in [0.1, 0.15) is 400 Å². The average Bonchev–Trinajstić information content (AvgIpc) is 3.40. The normalized spacial score (nSPS) is 11.9. The molecule has 1 atom stereocenters. The van der Waals surface area contributed by atoms with Crippen LogP contribution in [0.5, 0.6) is 0 Å². The summed E-state index contributed by atoms with van der Waals surface area (Å²) in [6, 6.07) is 0. The number of unbranched alkanes of at least 4 members (excludes halogenated alkanes) is 53. The summed E-state index contributed by atoms with van der Waals surface area (Å²) in [6.45, 7) is 6.65. The smallest absolute Gasteiger partial charge is 0.306 e. The van der Waals surface area contributed by atoms with Crippen LogP contribution in [0, 0.1) is 0 Å². The van der Waals surface area contributed by atoms with Crippen LogP contribution in [0.15, 0.2) is 0 Å². The maximum atomic E-state index is 12.8. The second-order valence-electron chi connectivity index (χ2n) is 23.5. The fraction of sp³-hybridized carbons (Fsp3) is 0.956. The minimum Gasteiger partial charge on any atom is -0.462 e. The predicted molar refractivity (Wildman–Crippen MR) is 321 cm³/mol. The van der Waals surface area contributed by atoms with Gasteiger partial charge in [-0.25, -0.2) is 0 Å². The highest BCUT2D eigenvalue weighted by molar-refractivity contribution is 5.71. The van der Waals surface area contributed by atoms with Crippen LogP contribution in [0.25, 0.3) is 0 Å². The molecule has 0 saturated carbocycles. The fourth-order valence-electron chi connectivity index (χ4n) is 10.7. The molecule has 0 aromatic heterocycles. The molecule has 0 N–H and O–H groups in total. The van der Waals surface area contributed by atoms with E-state index < -0.39 is 6.10 Å². The van der Waals surface area contributed by atoms with Gasteiger partial charge in [0.2, 0.25) is 0 Å². The standard InChI is InChI=1S/C68H132O6/c1-4-7-10-13-15-17-19-21-23-25-27-29-31-32-33-34-35-36-37-39-40-42-44-46-48-50-52-55-58-61-67(70)73-64-65(63-72-66(69)60-57-54-12-9-6-3)74-68(71)62-59-56-53-51-49-47-45-43-41-38-30-28-26-24-22-20-18-16-14-11-8-5-2/h65H,4-64H2,1-3H3. The SMILES string of the molecule is CCCCCCCCCCCCCCCCCCCCCCCCCCCCCCCC(=O)OCC(COC(=O)CCCCCCC)OC(=O)CCCCCCCCCCCCCCCCCCCCCCCC. The molecule has 0 aliphatic heterocycles. The molecule has 0 amide bonds. The van der Waals surface area contributed by atoms with Crippen LogP contribution in [0.2, 0.25) is 0 Å². The van der Waals surface area contributed by atoms with Gasteiger partial charge in [-0.2, -0.15) is 0 Å². The first-order valence-corrected chi connectivity index (χ1v) is 34.0. The Morgan fingerprint density at radius 3 is 0.541 bits per heavy atom. The lowest BCUT2D eigenvalue weighted by atomic mass is 10.0.